The highest BCUT2D eigenvalue weighted by molar-refractivity contribution is 5.99. The number of aliphatic hydroxyl groups excluding tert-OH is 1. The van der Waals surface area contributed by atoms with E-state index in [4.69, 9.17) is 4.74 Å². The predicted molar refractivity (Wildman–Crippen MR) is 163 cm³/mol. The summed E-state index contributed by atoms with van der Waals surface area (Å²) in [6.45, 7) is 4.39. The zero-order chi connectivity index (χ0) is 28.9. The Morgan fingerprint density at radius 3 is 2.41 bits per heavy atom. The number of rotatable bonds is 16. The number of benzene rings is 3. The van der Waals surface area contributed by atoms with E-state index < -0.39 is 12.1 Å². The zero-order valence-electron chi connectivity index (χ0n) is 24.1. The fourth-order valence-corrected chi connectivity index (χ4v) is 5.09. The molecule has 2 unspecified atom stereocenters. The molecule has 4 rings (SSSR count). The second-order valence-electron chi connectivity index (χ2n) is 10.7. The first kappa shape index (κ1) is 30.3. The van der Waals surface area contributed by atoms with Crippen LogP contribution < -0.4 is 20.3 Å². The van der Waals surface area contributed by atoms with Crippen LogP contribution in [-0.2, 0) is 17.6 Å². The molecule has 0 aliphatic carbocycles. The van der Waals surface area contributed by atoms with Crippen molar-refractivity contribution in [3.8, 4) is 5.75 Å². The van der Waals surface area contributed by atoms with Crippen molar-refractivity contribution in [1.82, 2.24) is 10.6 Å². The molecule has 2 atom stereocenters. The summed E-state index contributed by atoms with van der Waals surface area (Å²) >= 11 is 0. The number of hydrogen-bond donors (Lipinski definition) is 3. The molecule has 41 heavy (non-hydrogen) atoms. The van der Waals surface area contributed by atoms with E-state index in [1.807, 2.05) is 54.6 Å². The summed E-state index contributed by atoms with van der Waals surface area (Å²) in [4.78, 5) is 27.9. The van der Waals surface area contributed by atoms with Crippen molar-refractivity contribution in [2.45, 2.75) is 64.0 Å². The van der Waals surface area contributed by atoms with Gasteiger partial charge in [-0.2, -0.15) is 0 Å². The van der Waals surface area contributed by atoms with Crippen LogP contribution in [0, 0.1) is 0 Å². The molecule has 0 spiro atoms. The van der Waals surface area contributed by atoms with Crippen LogP contribution in [0.15, 0.2) is 78.9 Å². The molecule has 7 nitrogen and oxygen atoms in total. The van der Waals surface area contributed by atoms with Crippen molar-refractivity contribution < 1.29 is 19.4 Å². The second-order valence-corrected chi connectivity index (χ2v) is 10.7. The van der Waals surface area contributed by atoms with Gasteiger partial charge < -0.3 is 25.4 Å². The highest BCUT2D eigenvalue weighted by atomic mass is 16.5. The lowest BCUT2D eigenvalue weighted by Gasteiger charge is -2.25. The van der Waals surface area contributed by atoms with Gasteiger partial charge in [0.25, 0.3) is 5.91 Å². The Hall–Kier alpha value is -3.68. The molecule has 7 heteroatoms. The van der Waals surface area contributed by atoms with Gasteiger partial charge in [-0.15, -0.1) is 0 Å². The van der Waals surface area contributed by atoms with E-state index >= 15 is 0 Å². The topological polar surface area (TPSA) is 90.9 Å². The lowest BCUT2D eigenvalue weighted by Crippen LogP contribution is -2.49. The first-order chi connectivity index (χ1) is 20.0. The summed E-state index contributed by atoms with van der Waals surface area (Å²) in [7, 11) is 0. The van der Waals surface area contributed by atoms with Gasteiger partial charge in [0.1, 0.15) is 5.75 Å². The molecule has 1 aliphatic heterocycles. The van der Waals surface area contributed by atoms with Gasteiger partial charge in [-0.1, -0.05) is 80.4 Å². The fourth-order valence-electron chi connectivity index (χ4n) is 5.09. The third kappa shape index (κ3) is 9.44. The van der Waals surface area contributed by atoms with Gasteiger partial charge in [-0.3, -0.25) is 9.59 Å². The molecule has 1 saturated heterocycles. The van der Waals surface area contributed by atoms with Crippen LogP contribution in [0.2, 0.25) is 0 Å². The summed E-state index contributed by atoms with van der Waals surface area (Å²) in [6.07, 6.45) is 4.92. The van der Waals surface area contributed by atoms with Crippen LogP contribution in [-0.4, -0.2) is 55.3 Å². The van der Waals surface area contributed by atoms with Crippen molar-refractivity contribution in [3.63, 3.8) is 0 Å². The molecular weight excluding hydrogens is 514 g/mol. The monoisotopic (exact) mass is 557 g/mol. The SMILES string of the molecule is CCCCCOc1cc(C(=O)NC(Cc2ccccc2)C(O)CNCCc2ccccc2)cc(N2CCCC2=O)c1. The van der Waals surface area contributed by atoms with Crippen molar-refractivity contribution in [1.29, 1.82) is 0 Å². The molecule has 3 aromatic carbocycles. The number of carbonyl (C=O) groups excluding carboxylic acids is 2. The van der Waals surface area contributed by atoms with E-state index in [2.05, 4.69) is 29.7 Å². The molecule has 0 aromatic heterocycles. The smallest absolute Gasteiger partial charge is 0.251 e. The first-order valence-electron chi connectivity index (χ1n) is 14.9. The summed E-state index contributed by atoms with van der Waals surface area (Å²) in [6, 6.07) is 24.9. The Kier molecular flexibility index (Phi) is 11.8. The fraction of sp³-hybridized carbons (Fsp3) is 0.412. The minimum atomic E-state index is -0.803. The standard InChI is InChI=1S/C34H43N3O4/c1-2-3-10-20-41-30-23-28(22-29(24-30)37-19-11-16-33(37)39)34(40)36-31(21-27-14-8-5-9-15-27)32(38)25-35-18-17-26-12-6-4-7-13-26/h4-9,12-15,22-24,31-32,35,38H,2-3,10-11,16-21,25H2,1H3,(H,36,40). The minimum Gasteiger partial charge on any atom is -0.493 e. The molecule has 1 aliphatic rings. The Bertz CT molecular complexity index is 1240. The van der Waals surface area contributed by atoms with E-state index in [0.29, 0.717) is 49.5 Å². The van der Waals surface area contributed by atoms with Crippen LogP contribution >= 0.6 is 0 Å². The van der Waals surface area contributed by atoms with Crippen LogP contribution in [0.1, 0.15) is 60.5 Å². The van der Waals surface area contributed by atoms with Crippen LogP contribution in [0.4, 0.5) is 5.69 Å². The first-order valence-corrected chi connectivity index (χ1v) is 14.9. The maximum Gasteiger partial charge on any atom is 0.251 e. The number of ether oxygens (including phenoxy) is 1. The molecule has 1 heterocycles. The summed E-state index contributed by atoms with van der Waals surface area (Å²) in [5, 5.41) is 17.6. The quantitative estimate of drug-likeness (QED) is 0.218. The van der Waals surface area contributed by atoms with Gasteiger partial charge in [0.05, 0.1) is 18.8 Å². The molecule has 0 radical (unpaired) electrons. The average Bonchev–Trinajstić information content (AvgIpc) is 3.43. The van der Waals surface area contributed by atoms with Crippen molar-refractivity contribution in [3.05, 3.63) is 95.6 Å². The number of nitrogens with one attached hydrogen (secondary N) is 2. The zero-order valence-corrected chi connectivity index (χ0v) is 24.1. The third-order valence-corrected chi connectivity index (χ3v) is 7.42. The molecule has 3 N–H and O–H groups in total. The van der Waals surface area contributed by atoms with Gasteiger partial charge in [-0.05, 0) is 55.5 Å². The number of anilines is 1. The van der Waals surface area contributed by atoms with Crippen molar-refractivity contribution in [2.75, 3.05) is 31.1 Å². The molecular formula is C34H43N3O4. The van der Waals surface area contributed by atoms with E-state index in [1.54, 1.807) is 17.0 Å². The number of aliphatic hydroxyl groups is 1. The van der Waals surface area contributed by atoms with Gasteiger partial charge in [0.15, 0.2) is 0 Å². The van der Waals surface area contributed by atoms with E-state index in [1.165, 1.54) is 5.56 Å². The van der Waals surface area contributed by atoms with E-state index in [9.17, 15) is 14.7 Å². The van der Waals surface area contributed by atoms with E-state index in [0.717, 1.165) is 44.2 Å². The van der Waals surface area contributed by atoms with Gasteiger partial charge in [0, 0.05) is 36.8 Å². The maximum absolute atomic E-state index is 13.6. The molecule has 1 fully saturated rings. The average molecular weight is 558 g/mol. The summed E-state index contributed by atoms with van der Waals surface area (Å²) in [5.74, 6) is 0.325. The van der Waals surface area contributed by atoms with Crippen LogP contribution in [0.3, 0.4) is 0 Å². The Labute approximate surface area is 243 Å². The molecule has 218 valence electrons. The highest BCUT2D eigenvalue weighted by Gasteiger charge is 2.26. The van der Waals surface area contributed by atoms with Gasteiger partial charge >= 0.3 is 0 Å². The minimum absolute atomic E-state index is 0.0541. The molecule has 0 saturated carbocycles. The number of nitrogens with zero attached hydrogens (tertiary/aromatic N) is 1. The van der Waals surface area contributed by atoms with Crippen LogP contribution in [0.25, 0.3) is 0 Å². The molecule has 2 amide bonds. The largest absolute Gasteiger partial charge is 0.493 e. The third-order valence-electron chi connectivity index (χ3n) is 7.42. The Balaban J connectivity index is 1.47. The summed E-state index contributed by atoms with van der Waals surface area (Å²) in [5.41, 5.74) is 3.34. The lowest BCUT2D eigenvalue weighted by atomic mass is 10.00. The summed E-state index contributed by atoms with van der Waals surface area (Å²) < 4.78 is 6.01. The number of unbranched alkanes of at least 4 members (excludes halogenated alkanes) is 2. The molecule has 3 aromatic rings. The predicted octanol–water partition coefficient (Wildman–Crippen LogP) is 4.92. The highest BCUT2D eigenvalue weighted by Crippen LogP contribution is 2.28. The van der Waals surface area contributed by atoms with Crippen LogP contribution in [0.5, 0.6) is 5.75 Å². The van der Waals surface area contributed by atoms with Crippen molar-refractivity contribution in [2.24, 2.45) is 0 Å². The molecule has 0 bridgehead atoms. The number of carbonyl (C=O) groups is 2. The van der Waals surface area contributed by atoms with Gasteiger partial charge in [0.2, 0.25) is 5.91 Å². The number of hydrogen-bond acceptors (Lipinski definition) is 5. The second kappa shape index (κ2) is 15.9. The maximum atomic E-state index is 13.6. The van der Waals surface area contributed by atoms with Crippen molar-refractivity contribution >= 4 is 17.5 Å². The van der Waals surface area contributed by atoms with Gasteiger partial charge in [-0.25, -0.2) is 0 Å². The van der Waals surface area contributed by atoms with E-state index in [-0.39, 0.29) is 11.8 Å². The normalized spacial score (nSPS) is 14.6. The lowest BCUT2D eigenvalue weighted by molar-refractivity contribution is -0.117. The number of amides is 2. The Morgan fingerprint density at radius 2 is 1.73 bits per heavy atom. The Morgan fingerprint density at radius 1 is 1.00 bits per heavy atom.